The van der Waals surface area contributed by atoms with Gasteiger partial charge in [0.1, 0.15) is 0 Å². The molecule has 24 heavy (non-hydrogen) atoms. The number of benzene rings is 1. The number of likely N-dealkylation sites (N-methyl/N-ethyl adjacent to an activating group) is 1. The number of nitrogens with zero attached hydrogens (tertiary/aromatic N) is 2. The summed E-state index contributed by atoms with van der Waals surface area (Å²) >= 11 is 1.37. The fraction of sp³-hybridized carbons (Fsp3) is 0.375. The fourth-order valence-electron chi connectivity index (χ4n) is 2.71. The molecule has 6 nitrogen and oxygen atoms in total. The first kappa shape index (κ1) is 17.1. The molecule has 1 atom stereocenters. The highest BCUT2D eigenvalue weighted by atomic mass is 32.2. The Morgan fingerprint density at radius 3 is 2.79 bits per heavy atom. The van der Waals surface area contributed by atoms with Gasteiger partial charge in [0.05, 0.1) is 23.7 Å². The van der Waals surface area contributed by atoms with E-state index in [-0.39, 0.29) is 30.0 Å². The van der Waals surface area contributed by atoms with Crippen LogP contribution in [0, 0.1) is 0 Å². The summed E-state index contributed by atoms with van der Waals surface area (Å²) in [5.74, 6) is 0.152. The lowest BCUT2D eigenvalue weighted by Crippen LogP contribution is -2.38. The minimum absolute atomic E-state index is 0.0862. The third-order valence-corrected chi connectivity index (χ3v) is 6.55. The molecule has 0 spiro atoms. The van der Waals surface area contributed by atoms with Crippen molar-refractivity contribution in [2.75, 3.05) is 30.4 Å². The predicted octanol–water partition coefficient (Wildman–Crippen LogP) is 1.87. The highest BCUT2D eigenvalue weighted by Gasteiger charge is 2.31. The Kier molecular flexibility index (Phi) is 4.98. The predicted molar refractivity (Wildman–Crippen MR) is 95.9 cm³/mol. The number of aromatic nitrogens is 1. The number of hydrogen-bond donors (Lipinski definition) is 1. The first-order valence-electron chi connectivity index (χ1n) is 7.64. The number of carbonyl (C=O) groups excluding carboxylic acids is 1. The van der Waals surface area contributed by atoms with Crippen molar-refractivity contribution in [1.82, 2.24) is 9.88 Å². The van der Waals surface area contributed by atoms with Crippen molar-refractivity contribution in [3.8, 4) is 11.3 Å². The zero-order valence-corrected chi connectivity index (χ0v) is 14.9. The average molecular weight is 365 g/mol. The Morgan fingerprint density at radius 2 is 2.12 bits per heavy atom. The topological polar surface area (TPSA) is 79.4 Å². The first-order chi connectivity index (χ1) is 11.4. The zero-order chi connectivity index (χ0) is 17.2. The fourth-order valence-corrected chi connectivity index (χ4v) is 5.25. The van der Waals surface area contributed by atoms with E-state index in [9.17, 15) is 13.2 Å². The van der Waals surface area contributed by atoms with E-state index in [0.29, 0.717) is 11.6 Å². The third kappa shape index (κ3) is 4.19. The van der Waals surface area contributed by atoms with Gasteiger partial charge in [0.2, 0.25) is 5.91 Å². The number of carbonyl (C=O) groups is 1. The highest BCUT2D eigenvalue weighted by molar-refractivity contribution is 7.91. The summed E-state index contributed by atoms with van der Waals surface area (Å²) in [5, 5.41) is 5.23. The van der Waals surface area contributed by atoms with E-state index in [2.05, 4.69) is 10.3 Å². The monoisotopic (exact) mass is 365 g/mol. The van der Waals surface area contributed by atoms with Crippen LogP contribution in [0.2, 0.25) is 0 Å². The molecule has 1 N–H and O–H groups in total. The van der Waals surface area contributed by atoms with Crippen molar-refractivity contribution in [3.63, 3.8) is 0 Å². The van der Waals surface area contributed by atoms with Crippen molar-refractivity contribution in [2.45, 2.75) is 12.5 Å². The molecule has 1 aliphatic rings. The van der Waals surface area contributed by atoms with Crippen LogP contribution in [-0.2, 0) is 14.6 Å². The SMILES string of the molecule is CN(CC(=O)Nc1nc(-c2ccccc2)cs1)C1CCS(=O)(=O)C1. The summed E-state index contributed by atoms with van der Waals surface area (Å²) in [7, 11) is -1.17. The van der Waals surface area contributed by atoms with E-state index in [1.165, 1.54) is 11.3 Å². The highest BCUT2D eigenvalue weighted by Crippen LogP contribution is 2.24. The number of nitrogens with one attached hydrogen (secondary N) is 1. The van der Waals surface area contributed by atoms with Gasteiger partial charge in [-0.3, -0.25) is 9.69 Å². The quantitative estimate of drug-likeness (QED) is 0.875. The first-order valence-corrected chi connectivity index (χ1v) is 10.3. The molecule has 0 bridgehead atoms. The Balaban J connectivity index is 1.57. The van der Waals surface area contributed by atoms with Gasteiger partial charge in [-0.15, -0.1) is 11.3 Å². The molecule has 128 valence electrons. The van der Waals surface area contributed by atoms with Crippen LogP contribution in [0.4, 0.5) is 5.13 Å². The van der Waals surface area contributed by atoms with Gasteiger partial charge in [-0.1, -0.05) is 30.3 Å². The second-order valence-corrected chi connectivity index (χ2v) is 9.01. The van der Waals surface area contributed by atoms with Gasteiger partial charge in [-0.2, -0.15) is 0 Å². The van der Waals surface area contributed by atoms with Crippen LogP contribution in [0.3, 0.4) is 0 Å². The van der Waals surface area contributed by atoms with Gasteiger partial charge in [0, 0.05) is 17.0 Å². The molecule has 0 aliphatic carbocycles. The molecule has 1 fully saturated rings. The molecule has 2 heterocycles. The lowest BCUT2D eigenvalue weighted by Gasteiger charge is -2.21. The number of sulfone groups is 1. The van der Waals surface area contributed by atoms with E-state index in [0.717, 1.165) is 11.3 Å². The van der Waals surface area contributed by atoms with Crippen LogP contribution in [0.15, 0.2) is 35.7 Å². The molecular formula is C16H19N3O3S2. The van der Waals surface area contributed by atoms with Crippen LogP contribution >= 0.6 is 11.3 Å². The Labute approximate surface area is 145 Å². The van der Waals surface area contributed by atoms with E-state index in [1.807, 2.05) is 35.7 Å². The molecule has 1 amide bonds. The number of amides is 1. The summed E-state index contributed by atoms with van der Waals surface area (Å²) < 4.78 is 23.0. The zero-order valence-electron chi connectivity index (χ0n) is 13.3. The number of thiazole rings is 1. The van der Waals surface area contributed by atoms with E-state index in [1.54, 1.807) is 11.9 Å². The number of hydrogen-bond acceptors (Lipinski definition) is 6. The molecule has 1 aromatic heterocycles. The lowest BCUT2D eigenvalue weighted by atomic mass is 10.2. The van der Waals surface area contributed by atoms with Crippen molar-refractivity contribution in [3.05, 3.63) is 35.7 Å². The minimum Gasteiger partial charge on any atom is -0.301 e. The molecule has 1 unspecified atom stereocenters. The minimum atomic E-state index is -2.95. The summed E-state index contributed by atoms with van der Waals surface area (Å²) in [4.78, 5) is 18.4. The number of anilines is 1. The molecule has 1 aliphatic heterocycles. The second-order valence-electron chi connectivity index (χ2n) is 5.92. The summed E-state index contributed by atoms with van der Waals surface area (Å²) in [5.41, 5.74) is 1.83. The van der Waals surface area contributed by atoms with Crippen LogP contribution in [0.25, 0.3) is 11.3 Å². The van der Waals surface area contributed by atoms with Crippen LogP contribution in [-0.4, -0.2) is 55.3 Å². The van der Waals surface area contributed by atoms with Gasteiger partial charge in [0.15, 0.2) is 15.0 Å². The maximum absolute atomic E-state index is 12.2. The Bertz CT molecular complexity index is 818. The van der Waals surface area contributed by atoms with Crippen molar-refractivity contribution >= 4 is 32.2 Å². The molecule has 0 saturated carbocycles. The van der Waals surface area contributed by atoms with Gasteiger partial charge in [-0.05, 0) is 13.5 Å². The molecule has 1 aromatic carbocycles. The average Bonchev–Trinajstić information content (AvgIpc) is 3.14. The molecular weight excluding hydrogens is 346 g/mol. The van der Waals surface area contributed by atoms with Crippen molar-refractivity contribution in [1.29, 1.82) is 0 Å². The van der Waals surface area contributed by atoms with Gasteiger partial charge < -0.3 is 5.32 Å². The lowest BCUT2D eigenvalue weighted by molar-refractivity contribution is -0.117. The second kappa shape index (κ2) is 7.00. The van der Waals surface area contributed by atoms with Gasteiger partial charge in [-0.25, -0.2) is 13.4 Å². The maximum Gasteiger partial charge on any atom is 0.240 e. The van der Waals surface area contributed by atoms with Crippen LogP contribution in [0.5, 0.6) is 0 Å². The molecule has 2 aromatic rings. The van der Waals surface area contributed by atoms with Crippen LogP contribution in [0.1, 0.15) is 6.42 Å². The third-order valence-electron chi connectivity index (χ3n) is 4.04. The normalized spacial score (nSPS) is 19.5. The smallest absolute Gasteiger partial charge is 0.240 e. The molecule has 1 saturated heterocycles. The maximum atomic E-state index is 12.2. The summed E-state index contributed by atoms with van der Waals surface area (Å²) in [6.45, 7) is 0.153. The Morgan fingerprint density at radius 1 is 1.38 bits per heavy atom. The summed E-state index contributed by atoms with van der Waals surface area (Å²) in [6.07, 6.45) is 0.585. The van der Waals surface area contributed by atoms with E-state index < -0.39 is 9.84 Å². The van der Waals surface area contributed by atoms with Crippen molar-refractivity contribution < 1.29 is 13.2 Å². The van der Waals surface area contributed by atoms with Gasteiger partial charge >= 0.3 is 0 Å². The summed E-state index contributed by atoms with van der Waals surface area (Å²) in [6, 6.07) is 9.67. The van der Waals surface area contributed by atoms with Crippen LogP contribution < -0.4 is 5.32 Å². The molecule has 8 heteroatoms. The molecule has 0 radical (unpaired) electrons. The largest absolute Gasteiger partial charge is 0.301 e. The standard InChI is InChI=1S/C16H19N3O3S2/c1-19(13-7-8-24(21,22)11-13)9-15(20)18-16-17-14(10-23-16)12-5-3-2-4-6-12/h2-6,10,13H,7-9,11H2,1H3,(H,17,18,20). The Hall–Kier alpha value is -1.77. The van der Waals surface area contributed by atoms with E-state index >= 15 is 0 Å². The van der Waals surface area contributed by atoms with E-state index in [4.69, 9.17) is 0 Å². The molecule has 3 rings (SSSR count). The van der Waals surface area contributed by atoms with Gasteiger partial charge in [0.25, 0.3) is 0 Å². The number of rotatable bonds is 5. The van der Waals surface area contributed by atoms with Crippen molar-refractivity contribution in [2.24, 2.45) is 0 Å².